The maximum atomic E-state index is 13.6. The Kier molecular flexibility index (Phi) is 12.5. The third-order valence-electron chi connectivity index (χ3n) is 10.0. The lowest BCUT2D eigenvalue weighted by atomic mass is 9.71. The Morgan fingerprint density at radius 2 is 1.07 bits per heavy atom. The number of ether oxygens (including phenoxy) is 2. The van der Waals surface area contributed by atoms with Crippen molar-refractivity contribution in [3.05, 3.63) is 23.8 Å². The fourth-order valence-corrected chi connectivity index (χ4v) is 7.46. The summed E-state index contributed by atoms with van der Waals surface area (Å²) in [5.41, 5.74) is 1.79. The highest BCUT2D eigenvalue weighted by Crippen LogP contribution is 2.38. The molecule has 3 aliphatic rings. The van der Waals surface area contributed by atoms with E-state index in [1.54, 1.807) is 18.2 Å². The Morgan fingerprint density at radius 3 is 1.44 bits per heavy atom. The van der Waals surface area contributed by atoms with Crippen LogP contribution < -0.4 is 16.0 Å². The highest BCUT2D eigenvalue weighted by Gasteiger charge is 2.32. The third-order valence-corrected chi connectivity index (χ3v) is 10.0. The van der Waals surface area contributed by atoms with Crippen molar-refractivity contribution >= 4 is 29.1 Å². The fraction of sp³-hybridized carbons (Fsp3) is 0.757. The first-order valence-electron chi connectivity index (χ1n) is 17.7. The standard InChI is InChI=1S/C37H59N3O5/c1-23(2)44-32-16-8-25(9-17-32)34(41)39-30-20-27(36(43)38-29-14-12-28(13-15-29)37(5,6)7)21-31(22-30)40-35(42)26-10-18-33(19-11-26)45-24(3)4/h20-26,28-29,32-33H,8-19H2,1-7H3,(H,38,43)(H,39,41)(H,40,42). The Hall–Kier alpha value is -2.45. The second-order valence-corrected chi connectivity index (χ2v) is 15.5. The lowest BCUT2D eigenvalue weighted by Crippen LogP contribution is -2.39. The molecular formula is C37H59N3O5. The van der Waals surface area contributed by atoms with Crippen LogP contribution >= 0.6 is 0 Å². The van der Waals surface area contributed by atoms with Gasteiger partial charge in [-0.15, -0.1) is 0 Å². The van der Waals surface area contributed by atoms with Crippen LogP contribution in [-0.4, -0.2) is 48.2 Å². The predicted molar refractivity (Wildman–Crippen MR) is 180 cm³/mol. The van der Waals surface area contributed by atoms with E-state index in [1.807, 2.05) is 27.7 Å². The van der Waals surface area contributed by atoms with Gasteiger partial charge in [-0.1, -0.05) is 20.8 Å². The summed E-state index contributed by atoms with van der Waals surface area (Å²) >= 11 is 0. The van der Waals surface area contributed by atoms with Gasteiger partial charge in [0.2, 0.25) is 11.8 Å². The molecule has 0 unspecified atom stereocenters. The number of nitrogens with one attached hydrogen (secondary N) is 3. The summed E-state index contributed by atoms with van der Waals surface area (Å²) in [6.07, 6.45) is 11.4. The number of anilines is 2. The SMILES string of the molecule is CC(C)OC1CCC(C(=O)Nc2cc(NC(=O)C3CCC(OC(C)C)CC3)cc(C(=O)NC3CCC(C(C)(C)C)CC3)c2)CC1. The molecule has 252 valence electrons. The molecular weight excluding hydrogens is 566 g/mol. The summed E-state index contributed by atoms with van der Waals surface area (Å²) in [5, 5.41) is 9.40. The van der Waals surface area contributed by atoms with Gasteiger partial charge in [0.15, 0.2) is 0 Å². The van der Waals surface area contributed by atoms with E-state index >= 15 is 0 Å². The number of hydrogen-bond donors (Lipinski definition) is 3. The van der Waals surface area contributed by atoms with Crippen molar-refractivity contribution < 1.29 is 23.9 Å². The molecule has 1 aromatic rings. The lowest BCUT2D eigenvalue weighted by Gasteiger charge is -2.37. The van der Waals surface area contributed by atoms with Gasteiger partial charge in [0, 0.05) is 34.8 Å². The molecule has 3 aliphatic carbocycles. The molecule has 3 amide bonds. The zero-order chi connectivity index (χ0) is 32.7. The average Bonchev–Trinajstić information content (AvgIpc) is 2.97. The molecule has 3 saturated carbocycles. The number of amides is 3. The van der Waals surface area contributed by atoms with E-state index in [2.05, 4.69) is 36.7 Å². The summed E-state index contributed by atoms with van der Waals surface area (Å²) in [4.78, 5) is 40.2. The van der Waals surface area contributed by atoms with Crippen LogP contribution in [0.1, 0.15) is 136 Å². The second-order valence-electron chi connectivity index (χ2n) is 15.5. The highest BCUT2D eigenvalue weighted by molar-refractivity contribution is 6.01. The number of carbonyl (C=O) groups is 3. The van der Waals surface area contributed by atoms with Crippen LogP contribution in [0.4, 0.5) is 11.4 Å². The molecule has 3 N–H and O–H groups in total. The van der Waals surface area contributed by atoms with Gasteiger partial charge in [-0.25, -0.2) is 0 Å². The van der Waals surface area contributed by atoms with Crippen LogP contribution in [0.3, 0.4) is 0 Å². The van der Waals surface area contributed by atoms with Crippen molar-refractivity contribution in [2.75, 3.05) is 10.6 Å². The van der Waals surface area contributed by atoms with Gasteiger partial charge < -0.3 is 25.4 Å². The maximum absolute atomic E-state index is 13.6. The largest absolute Gasteiger partial charge is 0.376 e. The smallest absolute Gasteiger partial charge is 0.251 e. The third kappa shape index (κ3) is 10.8. The first-order chi connectivity index (χ1) is 21.3. The van der Waals surface area contributed by atoms with Gasteiger partial charge in [-0.05, 0) is 134 Å². The van der Waals surface area contributed by atoms with Gasteiger partial charge >= 0.3 is 0 Å². The zero-order valence-electron chi connectivity index (χ0n) is 28.9. The molecule has 0 heterocycles. The van der Waals surface area contributed by atoms with Crippen LogP contribution in [0, 0.1) is 23.2 Å². The minimum absolute atomic E-state index is 0.0446. The second kappa shape index (κ2) is 15.9. The number of benzene rings is 1. The molecule has 0 aliphatic heterocycles. The van der Waals surface area contributed by atoms with E-state index in [1.165, 1.54) is 0 Å². The molecule has 45 heavy (non-hydrogen) atoms. The summed E-state index contributed by atoms with van der Waals surface area (Å²) in [6.45, 7) is 15.1. The lowest BCUT2D eigenvalue weighted by molar-refractivity contribution is -0.123. The minimum Gasteiger partial charge on any atom is -0.376 e. The summed E-state index contributed by atoms with van der Waals surface area (Å²) in [6, 6.07) is 5.39. The van der Waals surface area contributed by atoms with E-state index < -0.39 is 0 Å². The van der Waals surface area contributed by atoms with E-state index in [9.17, 15) is 14.4 Å². The van der Waals surface area contributed by atoms with E-state index in [0.29, 0.717) is 22.9 Å². The van der Waals surface area contributed by atoms with E-state index in [4.69, 9.17) is 9.47 Å². The van der Waals surface area contributed by atoms with Crippen molar-refractivity contribution in [3.8, 4) is 0 Å². The molecule has 0 saturated heterocycles. The topological polar surface area (TPSA) is 106 Å². The van der Waals surface area contributed by atoms with Crippen molar-refractivity contribution in [1.29, 1.82) is 0 Å². The predicted octanol–water partition coefficient (Wildman–Crippen LogP) is 7.87. The van der Waals surface area contributed by atoms with E-state index in [-0.39, 0.29) is 65.4 Å². The molecule has 0 radical (unpaired) electrons. The summed E-state index contributed by atoms with van der Waals surface area (Å²) in [5.74, 6) is 0.194. The molecule has 3 fully saturated rings. The fourth-order valence-electron chi connectivity index (χ4n) is 7.46. The van der Waals surface area contributed by atoms with Gasteiger partial charge in [0.1, 0.15) is 0 Å². The van der Waals surface area contributed by atoms with Crippen LogP contribution in [0.5, 0.6) is 0 Å². The summed E-state index contributed by atoms with van der Waals surface area (Å²) < 4.78 is 11.9. The number of hydrogen-bond acceptors (Lipinski definition) is 5. The Bertz CT molecular complexity index is 1070. The van der Waals surface area contributed by atoms with Gasteiger partial charge in [-0.3, -0.25) is 14.4 Å². The zero-order valence-corrected chi connectivity index (χ0v) is 28.9. The van der Waals surface area contributed by atoms with Crippen LogP contribution in [0.15, 0.2) is 18.2 Å². The average molecular weight is 626 g/mol. The molecule has 0 aromatic heterocycles. The van der Waals surface area contributed by atoms with Gasteiger partial charge in [-0.2, -0.15) is 0 Å². The van der Waals surface area contributed by atoms with Gasteiger partial charge in [0.05, 0.1) is 24.4 Å². The Labute approximate surface area is 271 Å². The first kappa shape index (κ1) is 35.4. The summed E-state index contributed by atoms with van der Waals surface area (Å²) in [7, 11) is 0. The number of carbonyl (C=O) groups excluding carboxylic acids is 3. The normalized spacial score (nSPS) is 27.7. The van der Waals surface area contributed by atoms with Crippen LogP contribution in [-0.2, 0) is 19.1 Å². The number of rotatable bonds is 10. The van der Waals surface area contributed by atoms with Crippen molar-refractivity contribution in [2.24, 2.45) is 23.2 Å². The van der Waals surface area contributed by atoms with Crippen molar-refractivity contribution in [3.63, 3.8) is 0 Å². The van der Waals surface area contributed by atoms with Crippen LogP contribution in [0.2, 0.25) is 0 Å². The van der Waals surface area contributed by atoms with Crippen molar-refractivity contribution in [1.82, 2.24) is 5.32 Å². The first-order valence-corrected chi connectivity index (χ1v) is 17.7. The monoisotopic (exact) mass is 625 g/mol. The quantitative estimate of drug-likeness (QED) is 0.245. The van der Waals surface area contributed by atoms with Crippen molar-refractivity contribution in [2.45, 2.75) is 156 Å². The molecule has 1 aromatic carbocycles. The molecule has 8 heteroatoms. The maximum Gasteiger partial charge on any atom is 0.251 e. The van der Waals surface area contributed by atoms with E-state index in [0.717, 1.165) is 77.0 Å². The Morgan fingerprint density at radius 1 is 0.644 bits per heavy atom. The van der Waals surface area contributed by atoms with Crippen LogP contribution in [0.25, 0.3) is 0 Å². The Balaban J connectivity index is 1.43. The molecule has 4 rings (SSSR count). The van der Waals surface area contributed by atoms with Gasteiger partial charge in [0.25, 0.3) is 5.91 Å². The molecule has 0 bridgehead atoms. The molecule has 0 spiro atoms. The molecule has 8 nitrogen and oxygen atoms in total. The molecule has 0 atom stereocenters. The highest BCUT2D eigenvalue weighted by atomic mass is 16.5. The minimum atomic E-state index is -0.168.